The van der Waals surface area contributed by atoms with Crippen LogP contribution in [-0.2, 0) is 24.3 Å². The molecular weight excluding hydrogens is 462 g/mol. The number of carbonyl (C=O) groups excluding carboxylic acids is 3. The van der Waals surface area contributed by atoms with Gasteiger partial charge >= 0.3 is 18.0 Å². The van der Waals surface area contributed by atoms with Crippen molar-refractivity contribution in [1.29, 1.82) is 0 Å². The Morgan fingerprint density at radius 3 is 2.53 bits per heavy atom. The first-order valence-electron chi connectivity index (χ1n) is 10.1. The van der Waals surface area contributed by atoms with Crippen molar-refractivity contribution in [2.45, 2.75) is 31.1 Å². The van der Waals surface area contributed by atoms with Crippen molar-refractivity contribution in [3.8, 4) is 0 Å². The molecule has 0 atom stereocenters. The van der Waals surface area contributed by atoms with Crippen molar-refractivity contribution in [1.82, 2.24) is 14.9 Å². The molecule has 32 heavy (non-hydrogen) atoms. The predicted molar refractivity (Wildman–Crippen MR) is 115 cm³/mol. The van der Waals surface area contributed by atoms with Crippen molar-refractivity contribution in [2.75, 3.05) is 32.8 Å². The molecule has 2 aliphatic rings. The van der Waals surface area contributed by atoms with Gasteiger partial charge in [-0.3, -0.25) is 0 Å². The number of nitrogens with zero attached hydrogens (tertiary/aromatic N) is 1. The van der Waals surface area contributed by atoms with E-state index in [9.17, 15) is 22.8 Å². The molecule has 1 aromatic carbocycles. The second kappa shape index (κ2) is 10.3. The zero-order chi connectivity index (χ0) is 23.3. The number of nitrogens with one attached hydrogen (secondary N) is 2. The summed E-state index contributed by atoms with van der Waals surface area (Å²) >= 11 is 6.13. The fourth-order valence-electron chi connectivity index (χ4n) is 3.36. The molecule has 2 heterocycles. The number of sulfonamides is 1. The van der Waals surface area contributed by atoms with Crippen molar-refractivity contribution < 1.29 is 32.3 Å². The van der Waals surface area contributed by atoms with E-state index in [4.69, 9.17) is 21.1 Å². The summed E-state index contributed by atoms with van der Waals surface area (Å²) in [7, 11) is -3.86. The maximum atomic E-state index is 13.0. The summed E-state index contributed by atoms with van der Waals surface area (Å²) in [5.74, 6) is -1.48. The van der Waals surface area contributed by atoms with Crippen LogP contribution in [0.15, 0.2) is 34.4 Å². The number of hydrogen-bond acceptors (Lipinski definition) is 7. The molecule has 1 saturated heterocycles. The molecular formula is C20H24ClN3O7S. The van der Waals surface area contributed by atoms with Crippen molar-refractivity contribution in [3.63, 3.8) is 0 Å². The van der Waals surface area contributed by atoms with E-state index in [-0.39, 0.29) is 39.9 Å². The second-order valence-electron chi connectivity index (χ2n) is 7.17. The summed E-state index contributed by atoms with van der Waals surface area (Å²) in [5.41, 5.74) is 0.197. The number of esters is 2. The van der Waals surface area contributed by atoms with Gasteiger partial charge in [0.05, 0.1) is 35.0 Å². The predicted octanol–water partition coefficient (Wildman–Crippen LogP) is 1.80. The summed E-state index contributed by atoms with van der Waals surface area (Å²) in [5, 5.41) is 4.88. The zero-order valence-electron chi connectivity index (χ0n) is 17.5. The fourth-order valence-corrected chi connectivity index (χ4v) is 5.38. The minimum absolute atomic E-state index is 0.00467. The van der Waals surface area contributed by atoms with Crippen LogP contribution < -0.4 is 10.6 Å². The molecule has 0 spiro atoms. The quantitative estimate of drug-likeness (QED) is 0.563. The molecule has 1 fully saturated rings. The molecule has 0 unspecified atom stereocenters. The number of rotatable bonds is 7. The normalized spacial score (nSPS) is 17.4. The number of piperidine rings is 1. The minimum Gasteiger partial charge on any atom is -0.463 e. The van der Waals surface area contributed by atoms with Gasteiger partial charge in [-0.15, -0.1) is 0 Å². The highest BCUT2D eigenvalue weighted by Gasteiger charge is 2.29. The highest BCUT2D eigenvalue weighted by atomic mass is 35.5. The van der Waals surface area contributed by atoms with Crippen LogP contribution in [-0.4, -0.2) is 63.5 Å². The Balaban J connectivity index is 1.78. The lowest BCUT2D eigenvalue weighted by Crippen LogP contribution is -2.45. The van der Waals surface area contributed by atoms with E-state index >= 15 is 0 Å². The Bertz CT molecular complexity index is 1050. The third-order valence-corrected chi connectivity index (χ3v) is 7.40. The molecule has 12 heteroatoms. The average molecular weight is 486 g/mol. The molecule has 0 aromatic heterocycles. The molecule has 2 amide bonds. The SMILES string of the molecule is CCOC(=O)C1=C(COC(=O)c2ccc(Cl)c(S(=O)(=O)N3CCCCC3)c2)NC(=O)NC1. The van der Waals surface area contributed by atoms with Crippen molar-refractivity contribution >= 4 is 39.6 Å². The van der Waals surface area contributed by atoms with Gasteiger partial charge in [-0.2, -0.15) is 4.31 Å². The van der Waals surface area contributed by atoms with Gasteiger partial charge in [-0.1, -0.05) is 18.0 Å². The number of benzene rings is 1. The van der Waals surface area contributed by atoms with Gasteiger partial charge < -0.3 is 20.1 Å². The second-order valence-corrected chi connectivity index (χ2v) is 9.48. The third-order valence-electron chi connectivity index (χ3n) is 5.02. The number of ether oxygens (including phenoxy) is 2. The topological polar surface area (TPSA) is 131 Å². The first kappa shape index (κ1) is 24.0. The molecule has 0 saturated carbocycles. The number of urea groups is 1. The Morgan fingerprint density at radius 2 is 1.84 bits per heavy atom. The van der Waals surface area contributed by atoms with Crippen LogP contribution in [0.2, 0.25) is 5.02 Å². The summed E-state index contributed by atoms with van der Waals surface area (Å²) < 4.78 is 37.5. The van der Waals surface area contributed by atoms with Crippen LogP contribution >= 0.6 is 11.6 Å². The minimum atomic E-state index is -3.86. The van der Waals surface area contributed by atoms with Crippen LogP contribution in [0.5, 0.6) is 0 Å². The van der Waals surface area contributed by atoms with Gasteiger partial charge in [-0.25, -0.2) is 22.8 Å². The molecule has 0 radical (unpaired) electrons. The van der Waals surface area contributed by atoms with Gasteiger partial charge in [0.25, 0.3) is 0 Å². The number of halogens is 1. The Hall–Kier alpha value is -2.63. The lowest BCUT2D eigenvalue weighted by Gasteiger charge is -2.26. The molecule has 0 bridgehead atoms. The lowest BCUT2D eigenvalue weighted by molar-refractivity contribution is -0.138. The van der Waals surface area contributed by atoms with E-state index in [1.165, 1.54) is 22.5 Å². The number of amides is 2. The summed E-state index contributed by atoms with van der Waals surface area (Å²) in [4.78, 5) is 36.1. The van der Waals surface area contributed by atoms with Crippen molar-refractivity contribution in [3.05, 3.63) is 40.1 Å². The molecule has 0 aliphatic carbocycles. The number of hydrogen-bond donors (Lipinski definition) is 2. The fraction of sp³-hybridized carbons (Fsp3) is 0.450. The van der Waals surface area contributed by atoms with Gasteiger partial charge in [0, 0.05) is 13.1 Å². The standard InChI is InChI=1S/C20H24ClN3O7S/c1-2-30-19(26)14-11-22-20(27)23-16(14)12-31-18(25)13-6-7-15(21)17(10-13)32(28,29)24-8-4-3-5-9-24/h6-7,10H,2-5,8-9,11-12H2,1H3,(H2,22,23,27). The van der Waals surface area contributed by atoms with Gasteiger partial charge in [0.2, 0.25) is 10.0 Å². The molecule has 174 valence electrons. The summed E-state index contributed by atoms with van der Waals surface area (Å²) in [6.07, 6.45) is 2.48. The maximum absolute atomic E-state index is 13.0. The summed E-state index contributed by atoms with van der Waals surface area (Å²) in [6.45, 7) is 2.09. The van der Waals surface area contributed by atoms with Gasteiger partial charge in [-0.05, 0) is 38.0 Å². The third kappa shape index (κ3) is 5.40. The van der Waals surface area contributed by atoms with Crippen LogP contribution in [0.3, 0.4) is 0 Å². The van der Waals surface area contributed by atoms with E-state index in [1.54, 1.807) is 6.92 Å². The largest absolute Gasteiger partial charge is 0.463 e. The van der Waals surface area contributed by atoms with Crippen LogP contribution in [0.25, 0.3) is 0 Å². The van der Waals surface area contributed by atoms with E-state index in [0.717, 1.165) is 19.3 Å². The maximum Gasteiger partial charge on any atom is 0.338 e. The van der Waals surface area contributed by atoms with Crippen LogP contribution in [0.1, 0.15) is 36.5 Å². The number of carbonyl (C=O) groups is 3. The Kier molecular flexibility index (Phi) is 7.75. The van der Waals surface area contributed by atoms with E-state index in [1.807, 2.05) is 0 Å². The molecule has 1 aromatic rings. The molecule has 2 N–H and O–H groups in total. The van der Waals surface area contributed by atoms with E-state index in [0.29, 0.717) is 13.1 Å². The van der Waals surface area contributed by atoms with E-state index in [2.05, 4.69) is 10.6 Å². The zero-order valence-corrected chi connectivity index (χ0v) is 19.1. The first-order chi connectivity index (χ1) is 15.2. The Morgan fingerprint density at radius 1 is 1.12 bits per heavy atom. The lowest BCUT2D eigenvalue weighted by atomic mass is 10.1. The van der Waals surface area contributed by atoms with Gasteiger partial charge in [0.15, 0.2) is 0 Å². The molecule has 2 aliphatic heterocycles. The van der Waals surface area contributed by atoms with Crippen molar-refractivity contribution in [2.24, 2.45) is 0 Å². The first-order valence-corrected chi connectivity index (χ1v) is 12.0. The van der Waals surface area contributed by atoms with E-state index < -0.39 is 34.6 Å². The highest BCUT2D eigenvalue weighted by molar-refractivity contribution is 7.89. The molecule has 3 rings (SSSR count). The average Bonchev–Trinajstić information content (AvgIpc) is 2.78. The van der Waals surface area contributed by atoms with Crippen LogP contribution in [0, 0.1) is 0 Å². The van der Waals surface area contributed by atoms with Gasteiger partial charge in [0.1, 0.15) is 11.5 Å². The molecule has 10 nitrogen and oxygen atoms in total. The Labute approximate surface area is 190 Å². The smallest absolute Gasteiger partial charge is 0.338 e. The highest BCUT2D eigenvalue weighted by Crippen LogP contribution is 2.28. The van der Waals surface area contributed by atoms with Crippen LogP contribution in [0.4, 0.5) is 4.79 Å². The monoisotopic (exact) mass is 485 g/mol. The summed E-state index contributed by atoms with van der Waals surface area (Å²) in [6, 6.07) is 3.30.